The highest BCUT2D eigenvalue weighted by Crippen LogP contribution is 2.33. The molecule has 24 heavy (non-hydrogen) atoms. The van der Waals surface area contributed by atoms with Crippen molar-refractivity contribution in [1.29, 1.82) is 0 Å². The summed E-state index contributed by atoms with van der Waals surface area (Å²) in [6, 6.07) is 7.85. The van der Waals surface area contributed by atoms with Gasteiger partial charge in [0.25, 0.3) is 0 Å². The number of benzene rings is 1. The number of carbonyl (C=O) groups is 1. The van der Waals surface area contributed by atoms with Crippen LogP contribution in [0.5, 0.6) is 5.75 Å². The molecule has 0 bridgehead atoms. The summed E-state index contributed by atoms with van der Waals surface area (Å²) in [7, 11) is 0. The van der Waals surface area contributed by atoms with E-state index in [1.54, 1.807) is 24.3 Å². The Balaban J connectivity index is 2.34. The minimum atomic E-state index is -0.503. The summed E-state index contributed by atoms with van der Waals surface area (Å²) in [5.41, 5.74) is -0.306. The minimum Gasteiger partial charge on any atom is -0.466 e. The fourth-order valence-corrected chi connectivity index (χ4v) is 2.74. The zero-order chi connectivity index (χ0) is 17.7. The molecular weight excluding hydrogens is 324 g/mol. The first-order chi connectivity index (χ1) is 11.3. The highest BCUT2D eigenvalue weighted by molar-refractivity contribution is 7.98. The molecule has 0 radical (unpaired) electrons. The van der Waals surface area contributed by atoms with Crippen molar-refractivity contribution in [2.75, 3.05) is 6.26 Å². The van der Waals surface area contributed by atoms with E-state index < -0.39 is 12.3 Å². The van der Waals surface area contributed by atoms with Crippen LogP contribution in [0.25, 0.3) is 0 Å². The monoisotopic (exact) mass is 348 g/mol. The average Bonchev–Trinajstić information content (AvgIpc) is 3.04. The van der Waals surface area contributed by atoms with Crippen molar-refractivity contribution in [3.05, 3.63) is 43.0 Å². The van der Waals surface area contributed by atoms with Crippen LogP contribution in [0.4, 0.5) is 0 Å². The number of thioether (sulfide) groups is 1. The van der Waals surface area contributed by atoms with Crippen molar-refractivity contribution < 1.29 is 14.3 Å². The number of hydrogen-bond acceptors (Lipinski definition) is 5. The van der Waals surface area contributed by atoms with Gasteiger partial charge in [0.15, 0.2) is 6.10 Å². The zero-order valence-electron chi connectivity index (χ0n) is 14.7. The lowest BCUT2D eigenvalue weighted by Gasteiger charge is -2.36. The van der Waals surface area contributed by atoms with E-state index in [1.165, 1.54) is 6.92 Å². The van der Waals surface area contributed by atoms with Gasteiger partial charge in [0.05, 0.1) is 6.33 Å². The van der Waals surface area contributed by atoms with Crippen molar-refractivity contribution in [2.24, 2.45) is 5.41 Å². The Morgan fingerprint density at radius 1 is 1.25 bits per heavy atom. The molecule has 1 aromatic carbocycles. The predicted molar refractivity (Wildman–Crippen MR) is 95.1 cm³/mol. The number of carbonyl (C=O) groups excluding carboxylic acids is 1. The molecule has 5 nitrogen and oxygen atoms in total. The van der Waals surface area contributed by atoms with Crippen LogP contribution in [-0.2, 0) is 9.53 Å². The normalized spacial score (nSPS) is 14.0. The maximum Gasteiger partial charge on any atom is 0.303 e. The molecule has 1 aromatic heterocycles. The van der Waals surface area contributed by atoms with Crippen molar-refractivity contribution in [1.82, 2.24) is 9.55 Å². The maximum atomic E-state index is 11.6. The summed E-state index contributed by atoms with van der Waals surface area (Å²) in [6.45, 7) is 7.47. The first kappa shape index (κ1) is 18.4. The smallest absolute Gasteiger partial charge is 0.303 e. The van der Waals surface area contributed by atoms with E-state index in [4.69, 9.17) is 9.47 Å². The fourth-order valence-electron chi connectivity index (χ4n) is 2.33. The molecule has 6 heteroatoms. The summed E-state index contributed by atoms with van der Waals surface area (Å²) in [6.07, 6.45) is 6.22. The number of ether oxygens (including phenoxy) is 2. The topological polar surface area (TPSA) is 53.4 Å². The van der Waals surface area contributed by atoms with Crippen molar-refractivity contribution in [3.63, 3.8) is 0 Å². The van der Waals surface area contributed by atoms with Gasteiger partial charge in [-0.15, -0.1) is 11.8 Å². The van der Waals surface area contributed by atoms with Crippen molar-refractivity contribution in [3.8, 4) is 5.75 Å². The quantitative estimate of drug-likeness (QED) is 0.579. The SMILES string of the molecule is CSc1ccc(OC(C(OC(C)=O)C(C)(C)C)n2ccnc2)cc1. The second kappa shape index (κ2) is 7.75. The number of aromatic nitrogens is 2. The Kier molecular flexibility index (Phi) is 5.94. The van der Waals surface area contributed by atoms with E-state index >= 15 is 0 Å². The van der Waals surface area contributed by atoms with E-state index in [-0.39, 0.29) is 11.4 Å². The molecule has 2 aromatic rings. The Labute approximate surface area is 147 Å². The Bertz CT molecular complexity index is 648. The highest BCUT2D eigenvalue weighted by Gasteiger charge is 2.38. The molecule has 2 unspecified atom stereocenters. The van der Waals surface area contributed by atoms with Crippen molar-refractivity contribution in [2.45, 2.75) is 44.9 Å². The first-order valence-corrected chi connectivity index (χ1v) is 8.99. The Morgan fingerprint density at radius 3 is 2.38 bits per heavy atom. The van der Waals surface area contributed by atoms with E-state index in [0.717, 1.165) is 4.90 Å². The van der Waals surface area contributed by atoms with Gasteiger partial charge in [-0.1, -0.05) is 20.8 Å². The summed E-state index contributed by atoms with van der Waals surface area (Å²) in [4.78, 5) is 16.9. The van der Waals surface area contributed by atoms with Crippen LogP contribution < -0.4 is 4.74 Å². The van der Waals surface area contributed by atoms with Crippen LogP contribution in [-0.4, -0.2) is 27.9 Å². The Hall–Kier alpha value is -1.95. The zero-order valence-corrected chi connectivity index (χ0v) is 15.5. The third-order valence-corrected chi connectivity index (χ3v) is 4.28. The van der Waals surface area contributed by atoms with Gasteiger partial charge < -0.3 is 9.47 Å². The molecule has 0 N–H and O–H groups in total. The summed E-state index contributed by atoms with van der Waals surface area (Å²) < 4.78 is 13.6. The third kappa shape index (κ3) is 4.77. The van der Waals surface area contributed by atoms with Gasteiger partial charge in [0.2, 0.25) is 6.23 Å². The molecule has 1 heterocycles. The molecule has 0 saturated carbocycles. The van der Waals surface area contributed by atoms with Crippen molar-refractivity contribution >= 4 is 17.7 Å². The fraction of sp³-hybridized carbons (Fsp3) is 0.444. The standard InChI is InChI=1S/C18H24N2O3S/c1-13(21)22-16(18(2,3)4)17(20-11-10-19-12-20)23-14-6-8-15(24-5)9-7-14/h6-12,16-17H,1-5H3. The largest absolute Gasteiger partial charge is 0.466 e. The lowest BCUT2D eigenvalue weighted by molar-refractivity contribution is -0.165. The molecule has 0 spiro atoms. The van der Waals surface area contributed by atoms with Crippen LogP contribution in [0.1, 0.15) is 33.9 Å². The Morgan fingerprint density at radius 2 is 1.92 bits per heavy atom. The molecule has 0 fully saturated rings. The van der Waals surface area contributed by atoms with Crippen LogP contribution in [0, 0.1) is 5.41 Å². The van der Waals surface area contributed by atoms with E-state index in [9.17, 15) is 4.79 Å². The van der Waals surface area contributed by atoms with Gasteiger partial charge in [-0.3, -0.25) is 9.36 Å². The maximum absolute atomic E-state index is 11.6. The van der Waals surface area contributed by atoms with Crippen LogP contribution in [0.15, 0.2) is 47.9 Å². The van der Waals surface area contributed by atoms with Crippen LogP contribution in [0.2, 0.25) is 0 Å². The molecule has 0 aliphatic rings. The molecule has 0 aliphatic carbocycles. The summed E-state index contributed by atoms with van der Waals surface area (Å²) in [5, 5.41) is 0. The van der Waals surface area contributed by atoms with E-state index in [0.29, 0.717) is 5.75 Å². The summed E-state index contributed by atoms with van der Waals surface area (Å²) in [5.74, 6) is 0.384. The molecule has 130 valence electrons. The second-order valence-electron chi connectivity index (χ2n) is 6.59. The highest BCUT2D eigenvalue weighted by atomic mass is 32.2. The molecule has 0 aliphatic heterocycles. The van der Waals surface area contributed by atoms with Gasteiger partial charge in [0, 0.05) is 29.6 Å². The molecular formula is C18H24N2O3S. The minimum absolute atomic E-state index is 0.306. The molecule has 2 rings (SSSR count). The average molecular weight is 348 g/mol. The van der Waals surface area contributed by atoms with E-state index in [2.05, 4.69) is 4.98 Å². The lowest BCUT2D eigenvalue weighted by Crippen LogP contribution is -2.41. The van der Waals surface area contributed by atoms with Gasteiger partial charge in [0.1, 0.15) is 5.75 Å². The van der Waals surface area contributed by atoms with Crippen LogP contribution >= 0.6 is 11.8 Å². The summed E-state index contributed by atoms with van der Waals surface area (Å²) >= 11 is 1.67. The van der Waals surface area contributed by atoms with Gasteiger partial charge in [-0.05, 0) is 30.5 Å². The van der Waals surface area contributed by atoms with Gasteiger partial charge in [-0.2, -0.15) is 0 Å². The second-order valence-corrected chi connectivity index (χ2v) is 7.47. The van der Waals surface area contributed by atoms with Gasteiger partial charge >= 0.3 is 5.97 Å². The number of hydrogen-bond donors (Lipinski definition) is 0. The lowest BCUT2D eigenvalue weighted by atomic mass is 9.87. The van der Waals surface area contributed by atoms with Gasteiger partial charge in [-0.25, -0.2) is 4.98 Å². The van der Waals surface area contributed by atoms with E-state index in [1.807, 2.05) is 62.1 Å². The number of nitrogens with zero attached hydrogens (tertiary/aromatic N) is 2. The number of rotatable bonds is 6. The first-order valence-electron chi connectivity index (χ1n) is 7.76. The molecule has 0 amide bonds. The number of esters is 1. The molecule has 0 saturated heterocycles. The molecule has 2 atom stereocenters. The predicted octanol–water partition coefficient (Wildman–Crippen LogP) is 4.16. The third-order valence-electron chi connectivity index (χ3n) is 3.54. The number of imidazole rings is 1. The van der Waals surface area contributed by atoms with Crippen LogP contribution in [0.3, 0.4) is 0 Å².